The smallest absolute Gasteiger partial charge is 0.255 e. The standard InChI is InChI=1S/C23H23NO3/c1-4-26-20-9-5-7-18(14-20)23(25)24-19-8-6-10-21(15-19)27-22-12-11-16(2)17(3)13-22/h5-15H,4H2,1-3H3,(H,24,25). The summed E-state index contributed by atoms with van der Waals surface area (Å²) in [5.41, 5.74) is 3.60. The third-order valence-corrected chi connectivity index (χ3v) is 4.21. The zero-order valence-corrected chi connectivity index (χ0v) is 15.8. The molecule has 0 bridgehead atoms. The molecular weight excluding hydrogens is 338 g/mol. The Kier molecular flexibility index (Phi) is 5.77. The average molecular weight is 361 g/mol. The number of benzene rings is 3. The normalized spacial score (nSPS) is 10.3. The highest BCUT2D eigenvalue weighted by Gasteiger charge is 2.08. The molecular formula is C23H23NO3. The van der Waals surface area contributed by atoms with Crippen molar-refractivity contribution < 1.29 is 14.3 Å². The van der Waals surface area contributed by atoms with E-state index in [2.05, 4.69) is 19.2 Å². The molecule has 1 N–H and O–H groups in total. The van der Waals surface area contributed by atoms with E-state index in [0.29, 0.717) is 29.4 Å². The summed E-state index contributed by atoms with van der Waals surface area (Å²) in [6.07, 6.45) is 0. The Labute approximate surface area is 159 Å². The zero-order chi connectivity index (χ0) is 19.2. The van der Waals surface area contributed by atoms with Crippen LogP contribution in [0.5, 0.6) is 17.2 Å². The molecule has 0 unspecified atom stereocenters. The molecule has 0 atom stereocenters. The number of carbonyl (C=O) groups excluding carboxylic acids is 1. The summed E-state index contributed by atoms with van der Waals surface area (Å²) < 4.78 is 11.4. The van der Waals surface area contributed by atoms with E-state index in [4.69, 9.17) is 9.47 Å². The van der Waals surface area contributed by atoms with Crippen LogP contribution in [0.3, 0.4) is 0 Å². The van der Waals surface area contributed by atoms with Gasteiger partial charge in [0.1, 0.15) is 17.2 Å². The van der Waals surface area contributed by atoms with Crippen LogP contribution in [-0.4, -0.2) is 12.5 Å². The fraction of sp³-hybridized carbons (Fsp3) is 0.174. The second-order valence-electron chi connectivity index (χ2n) is 6.29. The number of carbonyl (C=O) groups is 1. The SMILES string of the molecule is CCOc1cccc(C(=O)Nc2cccc(Oc3ccc(C)c(C)c3)c2)c1. The molecule has 0 saturated heterocycles. The second kappa shape index (κ2) is 8.41. The molecule has 4 heteroatoms. The Morgan fingerprint density at radius 3 is 2.37 bits per heavy atom. The van der Waals surface area contributed by atoms with Crippen molar-refractivity contribution in [1.82, 2.24) is 0 Å². The van der Waals surface area contributed by atoms with E-state index in [0.717, 1.165) is 5.75 Å². The number of hydrogen-bond donors (Lipinski definition) is 1. The van der Waals surface area contributed by atoms with Crippen molar-refractivity contribution in [3.05, 3.63) is 83.4 Å². The van der Waals surface area contributed by atoms with Crippen molar-refractivity contribution in [2.24, 2.45) is 0 Å². The Bertz CT molecular complexity index is 950. The molecule has 0 aliphatic heterocycles. The Balaban J connectivity index is 1.72. The molecule has 4 nitrogen and oxygen atoms in total. The topological polar surface area (TPSA) is 47.6 Å². The first-order valence-corrected chi connectivity index (χ1v) is 8.94. The monoisotopic (exact) mass is 361 g/mol. The fourth-order valence-electron chi connectivity index (χ4n) is 2.65. The van der Waals surface area contributed by atoms with Crippen molar-refractivity contribution in [3.8, 4) is 17.2 Å². The summed E-state index contributed by atoms with van der Waals surface area (Å²) in [6.45, 7) is 6.59. The van der Waals surface area contributed by atoms with Gasteiger partial charge in [-0.15, -0.1) is 0 Å². The molecule has 0 aliphatic rings. The average Bonchev–Trinajstić information content (AvgIpc) is 2.66. The van der Waals surface area contributed by atoms with Gasteiger partial charge in [-0.3, -0.25) is 4.79 Å². The van der Waals surface area contributed by atoms with Gasteiger partial charge in [0.15, 0.2) is 0 Å². The first kappa shape index (κ1) is 18.5. The van der Waals surface area contributed by atoms with Crippen LogP contribution >= 0.6 is 0 Å². The van der Waals surface area contributed by atoms with Gasteiger partial charge in [0, 0.05) is 17.3 Å². The lowest BCUT2D eigenvalue weighted by Gasteiger charge is -2.11. The van der Waals surface area contributed by atoms with Gasteiger partial charge < -0.3 is 14.8 Å². The van der Waals surface area contributed by atoms with E-state index in [9.17, 15) is 4.79 Å². The number of amides is 1. The van der Waals surface area contributed by atoms with Crippen LogP contribution in [0.25, 0.3) is 0 Å². The van der Waals surface area contributed by atoms with Crippen molar-refractivity contribution >= 4 is 11.6 Å². The molecule has 1 amide bonds. The minimum Gasteiger partial charge on any atom is -0.494 e. The fourth-order valence-corrected chi connectivity index (χ4v) is 2.65. The van der Waals surface area contributed by atoms with Gasteiger partial charge in [0.05, 0.1) is 6.61 Å². The molecule has 0 spiro atoms. The molecule has 27 heavy (non-hydrogen) atoms. The summed E-state index contributed by atoms with van der Waals surface area (Å²) >= 11 is 0. The van der Waals surface area contributed by atoms with Crippen molar-refractivity contribution in [3.63, 3.8) is 0 Å². The highest BCUT2D eigenvalue weighted by Crippen LogP contribution is 2.26. The van der Waals surface area contributed by atoms with Crippen LogP contribution in [0.4, 0.5) is 5.69 Å². The van der Waals surface area contributed by atoms with Crippen LogP contribution in [-0.2, 0) is 0 Å². The van der Waals surface area contributed by atoms with Crippen molar-refractivity contribution in [2.75, 3.05) is 11.9 Å². The van der Waals surface area contributed by atoms with Gasteiger partial charge in [0.25, 0.3) is 5.91 Å². The van der Waals surface area contributed by atoms with Gasteiger partial charge in [-0.25, -0.2) is 0 Å². The van der Waals surface area contributed by atoms with Crippen molar-refractivity contribution in [1.29, 1.82) is 0 Å². The molecule has 3 rings (SSSR count). The highest BCUT2D eigenvalue weighted by molar-refractivity contribution is 6.04. The predicted molar refractivity (Wildman–Crippen MR) is 108 cm³/mol. The van der Waals surface area contributed by atoms with Gasteiger partial charge in [-0.2, -0.15) is 0 Å². The van der Waals surface area contributed by atoms with E-state index in [1.54, 1.807) is 24.3 Å². The molecule has 0 aromatic heterocycles. The summed E-state index contributed by atoms with van der Waals surface area (Å²) in [5, 5.41) is 2.90. The van der Waals surface area contributed by atoms with Gasteiger partial charge in [0.2, 0.25) is 0 Å². The molecule has 0 fully saturated rings. The Morgan fingerprint density at radius 1 is 0.852 bits per heavy atom. The Morgan fingerprint density at radius 2 is 1.59 bits per heavy atom. The number of rotatable bonds is 6. The summed E-state index contributed by atoms with van der Waals surface area (Å²) in [7, 11) is 0. The molecule has 0 aliphatic carbocycles. The third-order valence-electron chi connectivity index (χ3n) is 4.21. The van der Waals surface area contributed by atoms with Crippen LogP contribution in [0.15, 0.2) is 66.7 Å². The van der Waals surface area contributed by atoms with Crippen LogP contribution in [0, 0.1) is 13.8 Å². The zero-order valence-electron chi connectivity index (χ0n) is 15.8. The maximum Gasteiger partial charge on any atom is 0.255 e. The first-order chi connectivity index (χ1) is 13.0. The summed E-state index contributed by atoms with van der Waals surface area (Å²) in [6, 6.07) is 20.4. The maximum absolute atomic E-state index is 12.5. The summed E-state index contributed by atoms with van der Waals surface area (Å²) in [4.78, 5) is 12.5. The van der Waals surface area contributed by atoms with Gasteiger partial charge in [-0.05, 0) is 74.4 Å². The lowest BCUT2D eigenvalue weighted by atomic mass is 10.1. The van der Waals surface area contributed by atoms with E-state index >= 15 is 0 Å². The molecule has 3 aromatic rings. The largest absolute Gasteiger partial charge is 0.494 e. The molecule has 0 saturated carbocycles. The van der Waals surface area contributed by atoms with Crippen molar-refractivity contribution in [2.45, 2.75) is 20.8 Å². The molecule has 0 heterocycles. The molecule has 138 valence electrons. The highest BCUT2D eigenvalue weighted by atomic mass is 16.5. The number of hydrogen-bond acceptors (Lipinski definition) is 3. The van der Waals surface area contributed by atoms with E-state index < -0.39 is 0 Å². The number of aryl methyl sites for hydroxylation is 2. The number of ether oxygens (including phenoxy) is 2. The lowest BCUT2D eigenvalue weighted by molar-refractivity contribution is 0.102. The minimum absolute atomic E-state index is 0.195. The van der Waals surface area contributed by atoms with Crippen LogP contribution in [0.2, 0.25) is 0 Å². The van der Waals surface area contributed by atoms with E-state index in [1.165, 1.54) is 11.1 Å². The molecule has 0 radical (unpaired) electrons. The van der Waals surface area contributed by atoms with Gasteiger partial charge >= 0.3 is 0 Å². The van der Waals surface area contributed by atoms with Crippen LogP contribution in [0.1, 0.15) is 28.4 Å². The molecule has 3 aromatic carbocycles. The second-order valence-corrected chi connectivity index (χ2v) is 6.29. The first-order valence-electron chi connectivity index (χ1n) is 8.94. The van der Waals surface area contributed by atoms with E-state index in [1.807, 2.05) is 49.4 Å². The summed E-state index contributed by atoms with van der Waals surface area (Å²) in [5.74, 6) is 1.92. The number of nitrogens with one attached hydrogen (secondary N) is 1. The number of anilines is 1. The predicted octanol–water partition coefficient (Wildman–Crippen LogP) is 5.75. The quantitative estimate of drug-likeness (QED) is 0.608. The minimum atomic E-state index is -0.195. The lowest BCUT2D eigenvalue weighted by Crippen LogP contribution is -2.12. The van der Waals surface area contributed by atoms with Gasteiger partial charge in [-0.1, -0.05) is 18.2 Å². The third kappa shape index (κ3) is 4.88. The Hall–Kier alpha value is -3.27. The maximum atomic E-state index is 12.5. The van der Waals surface area contributed by atoms with E-state index in [-0.39, 0.29) is 5.91 Å². The van der Waals surface area contributed by atoms with Crippen LogP contribution < -0.4 is 14.8 Å².